The van der Waals surface area contributed by atoms with Crippen LogP contribution in [0.1, 0.15) is 12.8 Å². The van der Waals surface area contributed by atoms with Crippen LogP contribution in [-0.4, -0.2) is 88.5 Å². The maximum atomic E-state index is 12.8. The molecule has 4 aromatic rings. The molecule has 2 saturated heterocycles. The van der Waals surface area contributed by atoms with Gasteiger partial charge in [0.15, 0.2) is 11.8 Å². The molecule has 1 aliphatic carbocycles. The minimum atomic E-state index is -2.47. The summed E-state index contributed by atoms with van der Waals surface area (Å²) in [6.07, 6.45) is 1.78. The molecule has 3 fully saturated rings. The Morgan fingerprint density at radius 1 is 1.02 bits per heavy atom. The molecular formula is C34H42ClN5O6SSi. The Morgan fingerprint density at radius 2 is 1.69 bits per heavy atom. The van der Waals surface area contributed by atoms with Crippen molar-refractivity contribution in [1.29, 1.82) is 0 Å². The van der Waals surface area contributed by atoms with Crippen LogP contribution in [0.15, 0.2) is 59.0 Å². The highest BCUT2D eigenvalue weighted by Crippen LogP contribution is 2.35. The van der Waals surface area contributed by atoms with Crippen molar-refractivity contribution in [3.05, 3.63) is 59.6 Å². The third-order valence-corrected chi connectivity index (χ3v) is 12.0. The number of hydrogen-bond donors (Lipinski definition) is 2. The summed E-state index contributed by atoms with van der Waals surface area (Å²) in [5.74, 6) is 0. The highest BCUT2D eigenvalue weighted by Gasteiger charge is 2.49. The van der Waals surface area contributed by atoms with Crippen LogP contribution in [0.4, 0.5) is 5.69 Å². The van der Waals surface area contributed by atoms with Crippen molar-refractivity contribution in [2.75, 3.05) is 30.8 Å². The van der Waals surface area contributed by atoms with Crippen molar-refractivity contribution in [3.8, 4) is 28.4 Å². The van der Waals surface area contributed by atoms with Crippen molar-refractivity contribution in [3.63, 3.8) is 0 Å². The van der Waals surface area contributed by atoms with Crippen molar-refractivity contribution < 1.29 is 28.3 Å². The summed E-state index contributed by atoms with van der Waals surface area (Å²) in [4.78, 5) is 9.74. The number of pyridine rings is 1. The molecule has 2 aliphatic heterocycles. The lowest BCUT2D eigenvalue weighted by molar-refractivity contribution is 0.00336. The number of aliphatic hydroxyl groups is 1. The van der Waals surface area contributed by atoms with Gasteiger partial charge in [-0.15, -0.1) is 0 Å². The van der Waals surface area contributed by atoms with E-state index in [0.29, 0.717) is 34.5 Å². The fraction of sp³-hybridized carbons (Fsp3) is 0.471. The Kier molecular flexibility index (Phi) is 9.30. The van der Waals surface area contributed by atoms with Gasteiger partial charge in [0.2, 0.25) is 0 Å². The highest BCUT2D eigenvalue weighted by molar-refractivity contribution is 7.94. The van der Waals surface area contributed by atoms with Crippen LogP contribution in [-0.2, 0) is 30.9 Å². The third kappa shape index (κ3) is 7.57. The Hall–Kier alpha value is -3.04. The molecule has 1 saturated carbocycles. The van der Waals surface area contributed by atoms with E-state index in [2.05, 4.69) is 28.7 Å². The van der Waals surface area contributed by atoms with Gasteiger partial charge in [-0.2, -0.15) is 4.98 Å². The van der Waals surface area contributed by atoms with Crippen LogP contribution in [0.3, 0.4) is 0 Å². The minimum absolute atomic E-state index is 0.209. The summed E-state index contributed by atoms with van der Waals surface area (Å²) < 4.78 is 46.1. The number of anilines is 1. The Labute approximate surface area is 287 Å². The van der Waals surface area contributed by atoms with Gasteiger partial charge in [-0.1, -0.05) is 67.6 Å². The maximum Gasteiger partial charge on any atom is 0.301 e. The zero-order chi connectivity index (χ0) is 33.6. The number of rotatable bonds is 12. The minimum Gasteiger partial charge on any atom is -0.456 e. The monoisotopic (exact) mass is 711 g/mol. The Bertz CT molecular complexity index is 1900. The van der Waals surface area contributed by atoms with E-state index in [1.54, 1.807) is 12.3 Å². The highest BCUT2D eigenvalue weighted by atomic mass is 35.5. The second kappa shape index (κ2) is 13.3. The fourth-order valence-corrected chi connectivity index (χ4v) is 8.31. The molecule has 2 N–H and O–H groups in total. The number of benzene rings is 2. The standard InChI is InChI=1S/C34H42ClN5O6SSi/c1-47(42,39-25-13-14-25)38-24-11-9-22(10-12-24)21-5-7-23(8-6-21)30-26(35)17-27-33(37-30)40(20-43-15-16-48(2,3)4)34(36-27)46-29-19-45-31-28(41)18-44-32(29)31/h5-12,17,25,28-29,31-32,41H,13-16,18-20H2,1-4H3,(H,38,39,42)/t28-,29-,31-,32-,47?/m1/s1. The first-order valence-electron chi connectivity index (χ1n) is 16.3. The molecule has 0 bridgehead atoms. The zero-order valence-corrected chi connectivity index (χ0v) is 30.2. The fourth-order valence-electron chi connectivity index (χ4n) is 5.89. The molecule has 0 spiro atoms. The number of ether oxygens (including phenoxy) is 4. The van der Waals surface area contributed by atoms with Crippen molar-refractivity contribution in [2.24, 2.45) is 4.36 Å². The van der Waals surface area contributed by atoms with Crippen molar-refractivity contribution in [1.82, 2.24) is 14.5 Å². The first-order valence-corrected chi connectivity index (χ1v) is 22.4. The number of aromatic nitrogens is 3. The van der Waals surface area contributed by atoms with Gasteiger partial charge in [0.1, 0.15) is 40.5 Å². The van der Waals surface area contributed by atoms with Crippen LogP contribution in [0.5, 0.6) is 6.01 Å². The number of nitrogens with zero attached hydrogens (tertiary/aromatic N) is 4. The lowest BCUT2D eigenvalue weighted by atomic mass is 10.0. The average molecular weight is 712 g/mol. The normalized spacial score (nSPS) is 23.6. The molecule has 0 amide bonds. The first kappa shape index (κ1) is 33.5. The van der Waals surface area contributed by atoms with Gasteiger partial charge in [0, 0.05) is 32.2 Å². The molecule has 3 aliphatic rings. The largest absolute Gasteiger partial charge is 0.456 e. The van der Waals surface area contributed by atoms with Gasteiger partial charge in [0.05, 0.1) is 30.0 Å². The smallest absolute Gasteiger partial charge is 0.301 e. The molecule has 7 rings (SSSR count). The Balaban J connectivity index is 1.13. The number of aliphatic hydroxyl groups excluding tert-OH is 1. The predicted octanol–water partition coefficient (Wildman–Crippen LogP) is 6.22. The van der Waals surface area contributed by atoms with Crippen LogP contribution < -0.4 is 9.46 Å². The molecule has 0 radical (unpaired) electrons. The van der Waals surface area contributed by atoms with E-state index < -0.39 is 36.3 Å². The molecule has 11 nitrogen and oxygen atoms in total. The van der Waals surface area contributed by atoms with E-state index in [0.717, 1.165) is 41.3 Å². The summed E-state index contributed by atoms with van der Waals surface area (Å²) in [6.45, 7) is 8.27. The zero-order valence-electron chi connectivity index (χ0n) is 27.6. The topological polar surface area (TPSA) is 129 Å². The maximum absolute atomic E-state index is 12.8. The molecule has 256 valence electrons. The lowest BCUT2D eigenvalue weighted by Crippen LogP contribution is -2.35. The molecule has 14 heteroatoms. The number of nitrogens with one attached hydrogen (secondary N) is 1. The van der Waals surface area contributed by atoms with Crippen LogP contribution >= 0.6 is 11.6 Å². The van der Waals surface area contributed by atoms with Crippen molar-refractivity contribution in [2.45, 2.75) is 75.7 Å². The second-order valence-corrected chi connectivity index (χ2v) is 22.1. The van der Waals surface area contributed by atoms with Crippen LogP contribution in [0.2, 0.25) is 30.7 Å². The Morgan fingerprint density at radius 3 is 2.38 bits per heavy atom. The number of imidazole rings is 1. The average Bonchev–Trinajstić information content (AvgIpc) is 3.48. The van der Waals surface area contributed by atoms with E-state index in [9.17, 15) is 9.32 Å². The molecule has 48 heavy (non-hydrogen) atoms. The van der Waals surface area contributed by atoms with Gasteiger partial charge in [-0.3, -0.25) is 9.29 Å². The van der Waals surface area contributed by atoms with Gasteiger partial charge < -0.3 is 24.1 Å². The van der Waals surface area contributed by atoms with Crippen LogP contribution in [0.25, 0.3) is 33.5 Å². The van der Waals surface area contributed by atoms with Crippen LogP contribution in [0, 0.1) is 0 Å². The van der Waals surface area contributed by atoms with Gasteiger partial charge in [0.25, 0.3) is 0 Å². The number of fused-ring (bicyclic) bond motifs is 2. The van der Waals surface area contributed by atoms with Gasteiger partial charge in [-0.05, 0) is 48.2 Å². The van der Waals surface area contributed by atoms with Gasteiger partial charge in [-0.25, -0.2) is 13.6 Å². The molecule has 5 atom stereocenters. The molecule has 2 aromatic heterocycles. The van der Waals surface area contributed by atoms with E-state index in [1.807, 2.05) is 53.1 Å². The predicted molar refractivity (Wildman–Crippen MR) is 191 cm³/mol. The SMILES string of the molecule is C[Si](C)(C)CCOCn1c(O[C@@H]2CO[C@H]3[C@@H]2OC[C@H]3O)nc2cc(Cl)c(-c3ccc(-c4ccc(NS(C)(=O)=NC5CC5)cc4)cc3)nc21. The lowest BCUT2D eigenvalue weighted by Gasteiger charge is -2.19. The summed E-state index contributed by atoms with van der Waals surface area (Å²) in [5.41, 5.74) is 5.47. The summed E-state index contributed by atoms with van der Waals surface area (Å²) >= 11 is 6.81. The number of halogens is 1. The van der Waals surface area contributed by atoms with E-state index in [1.165, 1.54) is 0 Å². The quantitative estimate of drug-likeness (QED) is 0.131. The number of hydrogen-bond acceptors (Lipinski definition) is 9. The van der Waals surface area contributed by atoms with Gasteiger partial charge >= 0.3 is 6.01 Å². The molecule has 4 heterocycles. The summed E-state index contributed by atoms with van der Waals surface area (Å²) in [5, 5.41) is 10.7. The second-order valence-electron chi connectivity index (χ2n) is 14.0. The molecular weight excluding hydrogens is 670 g/mol. The van der Waals surface area contributed by atoms with E-state index >= 15 is 0 Å². The van der Waals surface area contributed by atoms with E-state index in [-0.39, 0.29) is 32.1 Å². The van der Waals surface area contributed by atoms with E-state index in [4.69, 9.17) is 40.5 Å². The third-order valence-electron chi connectivity index (χ3n) is 8.68. The van der Waals surface area contributed by atoms with Crippen molar-refractivity contribution >= 4 is 46.4 Å². The summed E-state index contributed by atoms with van der Waals surface area (Å²) in [7, 11) is -3.76. The molecule has 2 aromatic carbocycles. The molecule has 1 unspecified atom stereocenters. The first-order chi connectivity index (χ1) is 22.9. The summed E-state index contributed by atoms with van der Waals surface area (Å²) in [6, 6.07) is 19.3.